The molecule has 0 saturated carbocycles. The molecule has 0 spiro atoms. The molecule has 2 atom stereocenters. The Morgan fingerprint density at radius 2 is 2.35 bits per heavy atom. The summed E-state index contributed by atoms with van der Waals surface area (Å²) in [6.45, 7) is 3.32. The fourth-order valence-corrected chi connectivity index (χ4v) is 2.37. The Balaban J connectivity index is 1.93. The lowest BCUT2D eigenvalue weighted by atomic mass is 9.94. The molecule has 2 unspecified atom stereocenters. The number of likely N-dealkylation sites (tertiary alicyclic amines) is 1. The molecular formula is C11H19N3O3. The van der Waals surface area contributed by atoms with Crippen LogP contribution in [-0.2, 0) is 9.59 Å². The van der Waals surface area contributed by atoms with Crippen LogP contribution in [-0.4, -0.2) is 59.6 Å². The predicted octanol–water partition coefficient (Wildman–Crippen LogP) is -1.55. The van der Waals surface area contributed by atoms with Crippen molar-refractivity contribution >= 4 is 11.8 Å². The largest absolute Gasteiger partial charge is 0.388 e. The number of carbonyl (C=O) groups is 2. The lowest BCUT2D eigenvalue weighted by molar-refractivity contribution is -0.140. The van der Waals surface area contributed by atoms with Crippen LogP contribution < -0.4 is 10.6 Å². The molecular weight excluding hydrogens is 222 g/mol. The highest BCUT2D eigenvalue weighted by Crippen LogP contribution is 2.20. The van der Waals surface area contributed by atoms with Crippen LogP contribution in [0.1, 0.15) is 19.8 Å². The average Bonchev–Trinajstić information content (AvgIpc) is 2.28. The van der Waals surface area contributed by atoms with Crippen LogP contribution >= 0.6 is 0 Å². The fourth-order valence-electron chi connectivity index (χ4n) is 2.37. The molecule has 0 aromatic carbocycles. The van der Waals surface area contributed by atoms with Crippen molar-refractivity contribution in [3.63, 3.8) is 0 Å². The summed E-state index contributed by atoms with van der Waals surface area (Å²) < 4.78 is 0. The molecule has 3 N–H and O–H groups in total. The van der Waals surface area contributed by atoms with Crippen LogP contribution in [0.25, 0.3) is 0 Å². The summed E-state index contributed by atoms with van der Waals surface area (Å²) in [5.74, 6) is -0.121. The highest BCUT2D eigenvalue weighted by atomic mass is 16.3. The van der Waals surface area contributed by atoms with Crippen LogP contribution in [0.4, 0.5) is 0 Å². The van der Waals surface area contributed by atoms with Gasteiger partial charge < -0.3 is 15.3 Å². The molecule has 0 aliphatic carbocycles. The van der Waals surface area contributed by atoms with Gasteiger partial charge in [0.15, 0.2) is 0 Å². The molecule has 0 radical (unpaired) electrons. The van der Waals surface area contributed by atoms with Gasteiger partial charge in [0.2, 0.25) is 11.8 Å². The van der Waals surface area contributed by atoms with Crippen molar-refractivity contribution < 1.29 is 14.7 Å². The SMILES string of the molecule is CC1(O)CCCN(C(=O)C2CNC(=O)CN2)C1. The molecule has 6 nitrogen and oxygen atoms in total. The summed E-state index contributed by atoms with van der Waals surface area (Å²) in [6, 6.07) is -0.360. The van der Waals surface area contributed by atoms with E-state index in [-0.39, 0.29) is 24.4 Å². The van der Waals surface area contributed by atoms with E-state index in [0.29, 0.717) is 19.6 Å². The van der Waals surface area contributed by atoms with E-state index in [1.54, 1.807) is 11.8 Å². The van der Waals surface area contributed by atoms with Gasteiger partial charge in [0, 0.05) is 19.6 Å². The van der Waals surface area contributed by atoms with Crippen molar-refractivity contribution in [2.24, 2.45) is 0 Å². The van der Waals surface area contributed by atoms with Crippen LogP contribution in [0, 0.1) is 0 Å². The highest BCUT2D eigenvalue weighted by molar-refractivity contribution is 5.86. The lowest BCUT2D eigenvalue weighted by Gasteiger charge is -2.39. The molecule has 17 heavy (non-hydrogen) atoms. The Kier molecular flexibility index (Phi) is 3.35. The van der Waals surface area contributed by atoms with Crippen LogP contribution in [0.15, 0.2) is 0 Å². The van der Waals surface area contributed by atoms with Gasteiger partial charge >= 0.3 is 0 Å². The van der Waals surface area contributed by atoms with Gasteiger partial charge in [-0.15, -0.1) is 0 Å². The summed E-state index contributed by atoms with van der Waals surface area (Å²) in [5.41, 5.74) is -0.786. The van der Waals surface area contributed by atoms with Gasteiger partial charge in [0.05, 0.1) is 12.1 Å². The van der Waals surface area contributed by atoms with E-state index < -0.39 is 5.60 Å². The maximum absolute atomic E-state index is 12.1. The number of hydrogen-bond acceptors (Lipinski definition) is 4. The highest BCUT2D eigenvalue weighted by Gasteiger charge is 2.34. The monoisotopic (exact) mass is 241 g/mol. The van der Waals surface area contributed by atoms with E-state index in [1.807, 2.05) is 0 Å². The van der Waals surface area contributed by atoms with Crippen molar-refractivity contribution in [3.05, 3.63) is 0 Å². The van der Waals surface area contributed by atoms with E-state index in [0.717, 1.165) is 12.8 Å². The van der Waals surface area contributed by atoms with E-state index in [4.69, 9.17) is 0 Å². The Hall–Kier alpha value is -1.14. The zero-order chi connectivity index (χ0) is 12.5. The molecule has 2 aliphatic rings. The van der Waals surface area contributed by atoms with E-state index in [2.05, 4.69) is 10.6 Å². The summed E-state index contributed by atoms with van der Waals surface area (Å²) in [6.07, 6.45) is 1.55. The second-order valence-electron chi connectivity index (χ2n) is 5.10. The van der Waals surface area contributed by atoms with Gasteiger partial charge in [-0.3, -0.25) is 14.9 Å². The molecule has 0 bridgehead atoms. The Labute approximate surface area is 100 Å². The first-order chi connectivity index (χ1) is 7.98. The molecule has 2 aliphatic heterocycles. The summed E-state index contributed by atoms with van der Waals surface area (Å²) in [5, 5.41) is 15.5. The summed E-state index contributed by atoms with van der Waals surface area (Å²) in [7, 11) is 0. The zero-order valence-electron chi connectivity index (χ0n) is 10.0. The number of piperidine rings is 1. The molecule has 2 amide bonds. The van der Waals surface area contributed by atoms with Gasteiger partial charge in [-0.1, -0.05) is 0 Å². The summed E-state index contributed by atoms with van der Waals surface area (Å²) in [4.78, 5) is 24.8. The van der Waals surface area contributed by atoms with Crippen LogP contribution in [0.5, 0.6) is 0 Å². The number of rotatable bonds is 1. The van der Waals surface area contributed by atoms with Gasteiger partial charge in [0.1, 0.15) is 6.04 Å². The minimum absolute atomic E-state index is 0.0371. The van der Waals surface area contributed by atoms with Crippen molar-refractivity contribution in [1.82, 2.24) is 15.5 Å². The third kappa shape index (κ3) is 2.95. The van der Waals surface area contributed by atoms with Gasteiger partial charge in [-0.2, -0.15) is 0 Å². The fraction of sp³-hybridized carbons (Fsp3) is 0.818. The number of amides is 2. The number of carbonyl (C=O) groups excluding carboxylic acids is 2. The molecule has 6 heteroatoms. The second-order valence-corrected chi connectivity index (χ2v) is 5.10. The van der Waals surface area contributed by atoms with Gasteiger partial charge in [-0.05, 0) is 19.8 Å². The Morgan fingerprint density at radius 1 is 1.59 bits per heavy atom. The number of β-amino-alcohol motifs (C(OH)–C–C–N with tert-alkyl or cyclic N) is 1. The Bertz CT molecular complexity index is 320. The summed E-state index contributed by atoms with van der Waals surface area (Å²) >= 11 is 0. The minimum Gasteiger partial charge on any atom is -0.388 e. The number of nitrogens with zero attached hydrogens (tertiary/aromatic N) is 1. The third-order valence-electron chi connectivity index (χ3n) is 3.30. The van der Waals surface area contributed by atoms with Crippen molar-refractivity contribution in [2.75, 3.05) is 26.2 Å². The van der Waals surface area contributed by atoms with Gasteiger partial charge in [-0.25, -0.2) is 0 Å². The maximum atomic E-state index is 12.1. The first-order valence-corrected chi connectivity index (χ1v) is 5.99. The predicted molar refractivity (Wildman–Crippen MR) is 61.2 cm³/mol. The first kappa shape index (κ1) is 12.3. The maximum Gasteiger partial charge on any atom is 0.241 e. The average molecular weight is 241 g/mol. The van der Waals surface area contributed by atoms with Crippen LogP contribution in [0.3, 0.4) is 0 Å². The second kappa shape index (κ2) is 4.62. The topological polar surface area (TPSA) is 81.7 Å². The quantitative estimate of drug-likeness (QED) is 0.519. The van der Waals surface area contributed by atoms with E-state index >= 15 is 0 Å². The molecule has 0 aromatic rings. The van der Waals surface area contributed by atoms with Crippen LogP contribution in [0.2, 0.25) is 0 Å². The van der Waals surface area contributed by atoms with Crippen molar-refractivity contribution in [1.29, 1.82) is 0 Å². The molecule has 0 aromatic heterocycles. The normalized spacial score (nSPS) is 34.4. The number of aliphatic hydroxyl groups is 1. The molecule has 2 rings (SSSR count). The number of piperazine rings is 1. The van der Waals surface area contributed by atoms with E-state index in [9.17, 15) is 14.7 Å². The standard InChI is InChI=1S/C11H19N3O3/c1-11(17)3-2-4-14(7-11)10(16)8-5-13-9(15)6-12-8/h8,12,17H,2-7H2,1H3,(H,13,15). The number of hydrogen-bond donors (Lipinski definition) is 3. The van der Waals surface area contributed by atoms with Gasteiger partial charge in [0.25, 0.3) is 0 Å². The van der Waals surface area contributed by atoms with Crippen molar-refractivity contribution in [2.45, 2.75) is 31.4 Å². The molecule has 2 saturated heterocycles. The lowest BCUT2D eigenvalue weighted by Crippen LogP contribution is -2.61. The third-order valence-corrected chi connectivity index (χ3v) is 3.30. The Morgan fingerprint density at radius 3 is 2.94 bits per heavy atom. The minimum atomic E-state index is -0.786. The first-order valence-electron chi connectivity index (χ1n) is 5.99. The smallest absolute Gasteiger partial charge is 0.241 e. The zero-order valence-corrected chi connectivity index (χ0v) is 10.0. The van der Waals surface area contributed by atoms with Crippen molar-refractivity contribution in [3.8, 4) is 0 Å². The molecule has 2 fully saturated rings. The molecule has 96 valence electrons. The molecule has 2 heterocycles. The number of nitrogens with one attached hydrogen (secondary N) is 2. The van der Waals surface area contributed by atoms with E-state index in [1.165, 1.54) is 0 Å².